The number of ether oxygens (including phenoxy) is 2. The van der Waals surface area contributed by atoms with E-state index < -0.39 is 44.7 Å². The molecule has 0 aliphatic carbocycles. The maximum Gasteiger partial charge on any atom is 0.442 e. The molecule has 13 heteroatoms. The first-order valence-electron chi connectivity index (χ1n) is 15.3. The number of hydrogen-bond acceptors (Lipinski definition) is 8. The summed E-state index contributed by atoms with van der Waals surface area (Å²) in [5, 5.41) is 0.503. The van der Waals surface area contributed by atoms with E-state index in [4.69, 9.17) is 4.74 Å². The van der Waals surface area contributed by atoms with Gasteiger partial charge in [-0.05, 0) is 55.5 Å². The quantitative estimate of drug-likeness (QED) is 0.0547. The number of rotatable bonds is 12. The Morgan fingerprint density at radius 2 is 1.67 bits per heavy atom. The van der Waals surface area contributed by atoms with Crippen molar-refractivity contribution in [3.8, 4) is 0 Å². The molecule has 0 bridgehead atoms. The second-order valence-corrected chi connectivity index (χ2v) is 13.4. The normalized spacial score (nSPS) is 16.4. The van der Waals surface area contributed by atoms with Gasteiger partial charge in [-0.25, -0.2) is 17.2 Å². The minimum Gasteiger partial charge on any atom is -0.460 e. The number of hydrogen-bond donors (Lipinski definition) is 0. The Balaban J connectivity index is 1.45. The summed E-state index contributed by atoms with van der Waals surface area (Å²) in [7, 11) is -3.03. The van der Waals surface area contributed by atoms with Gasteiger partial charge in [0.1, 0.15) is 5.41 Å². The van der Waals surface area contributed by atoms with Gasteiger partial charge in [-0.15, -0.1) is 0 Å². The standard InChI is InChI=1S/C35H34N4O8S/c1-24-13-15-27(16-14-24)48(44,45)39-22-26(28-11-6-7-12-29(28)39)21-30(40)38-19-8-17-35(34(38)43,32(41)31(37-36)33(42)46-2)18-20-47-23-25-9-4-3-5-10-25/h3-7,9-16,22H,8,17-21,23H2,1-2H3. The molecule has 2 heterocycles. The third kappa shape index (κ3) is 6.61. The van der Waals surface area contributed by atoms with Crippen LogP contribution in [0.4, 0.5) is 0 Å². The molecule has 1 fully saturated rings. The summed E-state index contributed by atoms with van der Waals surface area (Å²) in [5.74, 6) is -3.85. The smallest absolute Gasteiger partial charge is 0.442 e. The monoisotopic (exact) mass is 670 g/mol. The zero-order chi connectivity index (χ0) is 34.5. The zero-order valence-electron chi connectivity index (χ0n) is 26.5. The van der Waals surface area contributed by atoms with Crippen LogP contribution >= 0.6 is 0 Å². The molecule has 12 nitrogen and oxygen atoms in total. The fourth-order valence-electron chi connectivity index (χ4n) is 5.95. The van der Waals surface area contributed by atoms with Crippen molar-refractivity contribution in [1.82, 2.24) is 8.87 Å². The van der Waals surface area contributed by atoms with Crippen LogP contribution in [-0.2, 0) is 51.7 Å². The number of likely N-dealkylation sites (tertiary alicyclic amines) is 1. The van der Waals surface area contributed by atoms with Gasteiger partial charge in [0.15, 0.2) is 0 Å². The lowest BCUT2D eigenvalue weighted by molar-refractivity contribution is -0.160. The van der Waals surface area contributed by atoms with E-state index in [-0.39, 0.29) is 50.3 Å². The van der Waals surface area contributed by atoms with Crippen LogP contribution in [0.5, 0.6) is 0 Å². The van der Waals surface area contributed by atoms with Gasteiger partial charge >= 0.3 is 11.7 Å². The van der Waals surface area contributed by atoms with Crippen LogP contribution in [-0.4, -0.2) is 71.6 Å². The summed E-state index contributed by atoms with van der Waals surface area (Å²) in [6, 6.07) is 22.4. The molecule has 248 valence electrons. The minimum absolute atomic E-state index is 0.0122. The van der Waals surface area contributed by atoms with Gasteiger partial charge in [0, 0.05) is 24.7 Å². The van der Waals surface area contributed by atoms with Crippen LogP contribution in [0.3, 0.4) is 0 Å². The number of ketones is 1. The molecule has 3 aromatic carbocycles. The second kappa shape index (κ2) is 14.3. The summed E-state index contributed by atoms with van der Waals surface area (Å²) >= 11 is 0. The number of aromatic nitrogens is 1. The Morgan fingerprint density at radius 3 is 2.35 bits per heavy atom. The van der Waals surface area contributed by atoms with E-state index in [0.29, 0.717) is 16.5 Å². The van der Waals surface area contributed by atoms with Crippen molar-refractivity contribution in [2.45, 2.75) is 44.1 Å². The molecule has 1 aliphatic rings. The topological polar surface area (TPSA) is 165 Å². The van der Waals surface area contributed by atoms with Crippen molar-refractivity contribution in [1.29, 1.82) is 0 Å². The number of nitrogens with zero attached hydrogens (tertiary/aromatic N) is 4. The number of aryl methyl sites for hydroxylation is 1. The highest BCUT2D eigenvalue weighted by Crippen LogP contribution is 2.37. The Kier molecular flexibility index (Phi) is 10.1. The highest BCUT2D eigenvalue weighted by atomic mass is 32.2. The number of carbonyl (C=O) groups is 4. The SMILES string of the molecule is COC(=O)C(=[N+]=[N-])C(=O)C1(CCOCc2ccccc2)CCCN(C(=O)Cc2cn(S(=O)(=O)c3ccc(C)cc3)c3ccccc23)C1=O. The predicted octanol–water partition coefficient (Wildman–Crippen LogP) is 3.88. The number of esters is 1. The van der Waals surface area contributed by atoms with Crippen molar-refractivity contribution in [2.75, 3.05) is 20.3 Å². The molecular formula is C35H34N4O8S. The molecule has 2 amide bonds. The predicted molar refractivity (Wildman–Crippen MR) is 174 cm³/mol. The van der Waals surface area contributed by atoms with Crippen LogP contribution in [0.25, 0.3) is 16.4 Å². The first-order valence-corrected chi connectivity index (χ1v) is 16.7. The number of imide groups is 1. The molecule has 1 unspecified atom stereocenters. The minimum atomic E-state index is -4.03. The lowest BCUT2D eigenvalue weighted by Gasteiger charge is -2.38. The maximum atomic E-state index is 14.2. The molecule has 1 aliphatic heterocycles. The van der Waals surface area contributed by atoms with Crippen LogP contribution < -0.4 is 0 Å². The second-order valence-electron chi connectivity index (χ2n) is 11.6. The summed E-state index contributed by atoms with van der Waals surface area (Å²) in [6.07, 6.45) is 0.995. The van der Waals surface area contributed by atoms with Gasteiger partial charge in [-0.3, -0.25) is 19.3 Å². The number of piperidine rings is 1. The van der Waals surface area contributed by atoms with Gasteiger partial charge in [-0.1, -0.05) is 66.2 Å². The molecule has 1 saturated heterocycles. The molecule has 0 saturated carbocycles. The molecule has 1 atom stereocenters. The van der Waals surface area contributed by atoms with Crippen molar-refractivity contribution in [3.05, 3.63) is 107 Å². The van der Waals surface area contributed by atoms with Gasteiger partial charge in [0.05, 0.1) is 30.5 Å². The Labute approximate surface area is 277 Å². The largest absolute Gasteiger partial charge is 0.460 e. The van der Waals surface area contributed by atoms with Crippen LogP contribution in [0.15, 0.2) is 90.0 Å². The van der Waals surface area contributed by atoms with E-state index in [1.165, 1.54) is 18.3 Å². The third-order valence-electron chi connectivity index (χ3n) is 8.53. The number of fused-ring (bicyclic) bond motifs is 1. The van der Waals surface area contributed by atoms with E-state index in [9.17, 15) is 33.1 Å². The van der Waals surface area contributed by atoms with Crippen molar-refractivity contribution in [3.63, 3.8) is 0 Å². The molecule has 0 radical (unpaired) electrons. The van der Waals surface area contributed by atoms with Crippen molar-refractivity contribution in [2.24, 2.45) is 5.41 Å². The number of carbonyl (C=O) groups excluding carboxylic acids is 4. The average molecular weight is 671 g/mol. The van der Waals surface area contributed by atoms with E-state index in [1.54, 1.807) is 36.4 Å². The molecule has 5 rings (SSSR count). The lowest BCUT2D eigenvalue weighted by Crippen LogP contribution is -2.57. The number of para-hydroxylation sites is 1. The Hall–Kier alpha value is -5.23. The fraction of sp³-hybridized carbons (Fsp3) is 0.286. The first kappa shape index (κ1) is 34.1. The summed E-state index contributed by atoms with van der Waals surface area (Å²) in [6.45, 7) is 1.94. The van der Waals surface area contributed by atoms with E-state index in [1.807, 2.05) is 37.3 Å². The zero-order valence-corrected chi connectivity index (χ0v) is 27.3. The highest BCUT2D eigenvalue weighted by molar-refractivity contribution is 7.90. The molecule has 1 aromatic heterocycles. The van der Waals surface area contributed by atoms with Gasteiger partial charge in [0.2, 0.25) is 11.8 Å². The number of benzene rings is 3. The van der Waals surface area contributed by atoms with Crippen LogP contribution in [0.2, 0.25) is 0 Å². The molecule has 4 aromatic rings. The summed E-state index contributed by atoms with van der Waals surface area (Å²) in [5.41, 5.74) is 9.13. The van der Waals surface area contributed by atoms with Gasteiger partial charge in [0.25, 0.3) is 15.8 Å². The average Bonchev–Trinajstić information content (AvgIpc) is 3.47. The molecule has 48 heavy (non-hydrogen) atoms. The number of methoxy groups -OCH3 is 1. The van der Waals surface area contributed by atoms with E-state index >= 15 is 0 Å². The van der Waals surface area contributed by atoms with Gasteiger partial charge < -0.3 is 15.0 Å². The third-order valence-corrected chi connectivity index (χ3v) is 10.2. The first-order chi connectivity index (χ1) is 23.0. The molecular weight excluding hydrogens is 636 g/mol. The van der Waals surface area contributed by atoms with E-state index in [0.717, 1.165) is 27.1 Å². The maximum absolute atomic E-state index is 14.2. The van der Waals surface area contributed by atoms with Crippen molar-refractivity contribution < 1.29 is 41.9 Å². The Morgan fingerprint density at radius 1 is 0.979 bits per heavy atom. The fourth-order valence-corrected chi connectivity index (χ4v) is 7.34. The lowest BCUT2D eigenvalue weighted by atomic mass is 9.71. The van der Waals surface area contributed by atoms with Crippen molar-refractivity contribution >= 4 is 50.2 Å². The van der Waals surface area contributed by atoms with E-state index in [2.05, 4.69) is 9.53 Å². The highest BCUT2D eigenvalue weighted by Gasteiger charge is 2.56. The molecule has 0 spiro atoms. The van der Waals surface area contributed by atoms with Gasteiger partial charge in [-0.2, -0.15) is 4.79 Å². The van der Waals surface area contributed by atoms with Crippen LogP contribution in [0, 0.1) is 12.3 Å². The summed E-state index contributed by atoms with van der Waals surface area (Å²) in [4.78, 5) is 58.1. The summed E-state index contributed by atoms with van der Waals surface area (Å²) < 4.78 is 38.8. The van der Waals surface area contributed by atoms with Crippen LogP contribution in [0.1, 0.15) is 36.0 Å². The number of Topliss-reactive ketones (excluding diaryl/α,β-unsaturated/α-hetero) is 1. The number of amides is 2. The molecule has 0 N–H and O–H groups in total. The Bertz CT molecular complexity index is 2030.